The lowest BCUT2D eigenvalue weighted by atomic mass is 9.97. The van der Waals surface area contributed by atoms with Gasteiger partial charge in [0.2, 0.25) is 0 Å². The Hall–Kier alpha value is -3.23. The van der Waals surface area contributed by atoms with E-state index < -0.39 is 5.97 Å². The Morgan fingerprint density at radius 1 is 1.30 bits per heavy atom. The largest absolute Gasteiger partial charge is 0.462 e. The molecule has 0 aliphatic heterocycles. The number of halogens is 1. The van der Waals surface area contributed by atoms with Gasteiger partial charge in [0.05, 0.1) is 28.8 Å². The first-order valence-electron chi connectivity index (χ1n) is 10.7. The third-order valence-corrected chi connectivity index (χ3v) is 7.07. The third kappa shape index (κ3) is 4.12. The fourth-order valence-corrected chi connectivity index (χ4v) is 5.37. The molecule has 0 fully saturated rings. The molecule has 7 nitrogen and oxygen atoms in total. The van der Waals surface area contributed by atoms with Crippen molar-refractivity contribution in [3.63, 3.8) is 0 Å². The predicted octanol–water partition coefficient (Wildman–Crippen LogP) is 5.31. The molecular weight excluding hydrogens is 462 g/mol. The molecule has 3 heterocycles. The van der Waals surface area contributed by atoms with Gasteiger partial charge in [-0.15, -0.1) is 11.3 Å². The molecule has 3 aromatic heterocycles. The van der Waals surface area contributed by atoms with Crippen LogP contribution in [0.1, 0.15) is 46.3 Å². The van der Waals surface area contributed by atoms with Crippen molar-refractivity contribution in [3.8, 4) is 11.3 Å². The summed E-state index contributed by atoms with van der Waals surface area (Å²) >= 11 is 7.75. The normalized spacial score (nSPS) is 13.5. The minimum atomic E-state index is -0.490. The second-order valence-corrected chi connectivity index (χ2v) is 9.14. The first kappa shape index (κ1) is 21.6. The Morgan fingerprint density at radius 2 is 2.15 bits per heavy atom. The van der Waals surface area contributed by atoms with Crippen molar-refractivity contribution >= 4 is 45.3 Å². The van der Waals surface area contributed by atoms with Crippen LogP contribution in [-0.4, -0.2) is 28.5 Å². The van der Waals surface area contributed by atoms with Gasteiger partial charge in [0.25, 0.3) is 5.56 Å². The van der Waals surface area contributed by atoms with E-state index in [1.54, 1.807) is 48.6 Å². The summed E-state index contributed by atoms with van der Waals surface area (Å²) in [6, 6.07) is 8.51. The van der Waals surface area contributed by atoms with Crippen molar-refractivity contribution in [2.45, 2.75) is 32.6 Å². The number of ether oxygens (including phenoxy) is 1. The molecule has 0 saturated carbocycles. The van der Waals surface area contributed by atoms with Gasteiger partial charge in [0.1, 0.15) is 22.7 Å². The summed E-state index contributed by atoms with van der Waals surface area (Å²) in [7, 11) is 0. The molecule has 1 aliphatic carbocycles. The number of thiophene rings is 1. The minimum absolute atomic E-state index is 0.167. The zero-order valence-electron chi connectivity index (χ0n) is 17.8. The molecule has 0 unspecified atom stereocenters. The molecule has 0 atom stereocenters. The SMILES string of the molecule is CCOC(=O)c1cc(-c2ccc(/C=N\n3cnc4sc5c(c4c3=O)CCCC5)o2)ccc1Cl. The molecule has 0 radical (unpaired) electrons. The van der Waals surface area contributed by atoms with Crippen LogP contribution in [0.15, 0.2) is 51.0 Å². The highest BCUT2D eigenvalue weighted by atomic mass is 35.5. The fourth-order valence-electron chi connectivity index (χ4n) is 3.96. The number of rotatable bonds is 5. The van der Waals surface area contributed by atoms with Crippen LogP contribution in [0, 0.1) is 0 Å². The van der Waals surface area contributed by atoms with E-state index in [9.17, 15) is 9.59 Å². The second-order valence-electron chi connectivity index (χ2n) is 7.65. The smallest absolute Gasteiger partial charge is 0.339 e. The van der Waals surface area contributed by atoms with E-state index in [0.29, 0.717) is 27.5 Å². The van der Waals surface area contributed by atoms with E-state index in [0.717, 1.165) is 36.1 Å². The van der Waals surface area contributed by atoms with Crippen molar-refractivity contribution in [3.05, 3.63) is 73.8 Å². The molecular formula is C24H20ClN3O4S. The summed E-state index contributed by atoms with van der Waals surface area (Å²) in [5, 5.41) is 5.27. The Morgan fingerprint density at radius 3 is 3.00 bits per heavy atom. The highest BCUT2D eigenvalue weighted by Gasteiger charge is 2.20. The summed E-state index contributed by atoms with van der Waals surface area (Å²) in [6.45, 7) is 1.99. The van der Waals surface area contributed by atoms with Gasteiger partial charge < -0.3 is 9.15 Å². The number of hydrogen-bond donors (Lipinski definition) is 0. The Balaban J connectivity index is 1.43. The second kappa shape index (κ2) is 8.96. The maximum Gasteiger partial charge on any atom is 0.339 e. The van der Waals surface area contributed by atoms with E-state index >= 15 is 0 Å². The van der Waals surface area contributed by atoms with E-state index in [4.69, 9.17) is 20.8 Å². The van der Waals surface area contributed by atoms with E-state index in [1.165, 1.54) is 22.1 Å². The topological polar surface area (TPSA) is 86.7 Å². The van der Waals surface area contributed by atoms with Gasteiger partial charge in [0.15, 0.2) is 0 Å². The molecule has 0 bridgehead atoms. The van der Waals surface area contributed by atoms with Gasteiger partial charge in [-0.05, 0) is 68.5 Å². The van der Waals surface area contributed by atoms with E-state index in [-0.39, 0.29) is 17.7 Å². The quantitative estimate of drug-likeness (QED) is 0.285. The summed E-state index contributed by atoms with van der Waals surface area (Å²) in [6.07, 6.45) is 7.08. The number of carbonyl (C=O) groups is 1. The van der Waals surface area contributed by atoms with Crippen LogP contribution in [0.5, 0.6) is 0 Å². The lowest BCUT2D eigenvalue weighted by molar-refractivity contribution is 0.0526. The number of esters is 1. The number of aromatic nitrogens is 2. The summed E-state index contributed by atoms with van der Waals surface area (Å²) in [5.74, 6) is 0.499. The predicted molar refractivity (Wildman–Crippen MR) is 129 cm³/mol. The number of aryl methyl sites for hydroxylation is 2. The molecule has 168 valence electrons. The fraction of sp³-hybridized carbons (Fsp3) is 0.250. The molecule has 5 rings (SSSR count). The number of hydrogen-bond acceptors (Lipinski definition) is 7. The molecule has 0 amide bonds. The maximum atomic E-state index is 13.0. The molecule has 33 heavy (non-hydrogen) atoms. The van der Waals surface area contributed by atoms with Crippen LogP contribution >= 0.6 is 22.9 Å². The third-order valence-electron chi connectivity index (χ3n) is 5.54. The van der Waals surface area contributed by atoms with E-state index in [2.05, 4.69) is 10.1 Å². The minimum Gasteiger partial charge on any atom is -0.462 e. The van der Waals surface area contributed by atoms with Crippen LogP contribution in [0.2, 0.25) is 5.02 Å². The lowest BCUT2D eigenvalue weighted by Crippen LogP contribution is -2.17. The summed E-state index contributed by atoms with van der Waals surface area (Å²) in [5.41, 5.74) is 1.91. The van der Waals surface area contributed by atoms with Crippen molar-refractivity contribution in [2.24, 2.45) is 5.10 Å². The Bertz CT molecular complexity index is 1450. The number of fused-ring (bicyclic) bond motifs is 3. The number of furan rings is 1. The van der Waals surface area contributed by atoms with Crippen LogP contribution in [-0.2, 0) is 17.6 Å². The van der Waals surface area contributed by atoms with Gasteiger partial charge in [-0.1, -0.05) is 11.6 Å². The van der Waals surface area contributed by atoms with Crippen LogP contribution in [0.25, 0.3) is 21.5 Å². The monoisotopic (exact) mass is 481 g/mol. The van der Waals surface area contributed by atoms with Gasteiger partial charge in [-0.25, -0.2) is 9.78 Å². The summed E-state index contributed by atoms with van der Waals surface area (Å²) in [4.78, 5) is 31.6. The van der Waals surface area contributed by atoms with Crippen molar-refractivity contribution < 1.29 is 13.9 Å². The Labute approximate surface area is 198 Å². The molecule has 0 spiro atoms. The molecule has 0 saturated heterocycles. The first-order chi connectivity index (χ1) is 16.0. The van der Waals surface area contributed by atoms with E-state index in [1.807, 2.05) is 0 Å². The zero-order valence-corrected chi connectivity index (χ0v) is 19.4. The van der Waals surface area contributed by atoms with Crippen molar-refractivity contribution in [2.75, 3.05) is 6.61 Å². The molecule has 0 N–H and O–H groups in total. The average Bonchev–Trinajstić information content (AvgIpc) is 3.44. The number of benzene rings is 1. The van der Waals surface area contributed by atoms with Gasteiger partial charge in [-0.3, -0.25) is 4.79 Å². The average molecular weight is 482 g/mol. The number of carbonyl (C=O) groups excluding carboxylic acids is 1. The van der Waals surface area contributed by atoms with Gasteiger partial charge >= 0.3 is 5.97 Å². The molecule has 9 heteroatoms. The zero-order chi connectivity index (χ0) is 22.9. The lowest BCUT2D eigenvalue weighted by Gasteiger charge is -2.09. The van der Waals surface area contributed by atoms with Gasteiger partial charge in [-0.2, -0.15) is 9.78 Å². The Kier molecular flexibility index (Phi) is 5.86. The van der Waals surface area contributed by atoms with Crippen LogP contribution in [0.3, 0.4) is 0 Å². The highest BCUT2D eigenvalue weighted by molar-refractivity contribution is 7.18. The molecule has 1 aromatic carbocycles. The van der Waals surface area contributed by atoms with Gasteiger partial charge in [0, 0.05) is 10.4 Å². The van der Waals surface area contributed by atoms with Crippen LogP contribution < -0.4 is 5.56 Å². The maximum absolute atomic E-state index is 13.0. The van der Waals surface area contributed by atoms with Crippen molar-refractivity contribution in [1.82, 2.24) is 9.66 Å². The van der Waals surface area contributed by atoms with Crippen molar-refractivity contribution in [1.29, 1.82) is 0 Å². The molecule has 4 aromatic rings. The highest BCUT2D eigenvalue weighted by Crippen LogP contribution is 2.33. The summed E-state index contributed by atoms with van der Waals surface area (Å²) < 4.78 is 12.1. The molecule has 1 aliphatic rings. The van der Waals surface area contributed by atoms with Crippen LogP contribution in [0.4, 0.5) is 0 Å². The standard InChI is InChI=1S/C24H20ClN3O4S/c1-2-31-24(30)17-11-14(7-9-18(17)25)19-10-8-15(32-19)12-27-28-13-26-22-21(23(28)29)16-5-3-4-6-20(16)33-22/h7-13H,2-6H2,1H3/b27-12-. The first-order valence-corrected chi connectivity index (χ1v) is 11.9. The number of nitrogens with zero attached hydrogens (tertiary/aromatic N) is 3.